The van der Waals surface area contributed by atoms with Crippen LogP contribution in [0.4, 0.5) is 4.79 Å². The molecule has 0 saturated carbocycles. The molecule has 0 radical (unpaired) electrons. The average molecular weight is 422 g/mol. The van der Waals surface area contributed by atoms with Crippen LogP contribution < -0.4 is 5.32 Å². The van der Waals surface area contributed by atoms with E-state index in [1.165, 1.54) is 4.90 Å². The Bertz CT molecular complexity index is 981. The van der Waals surface area contributed by atoms with Crippen LogP contribution >= 0.6 is 0 Å². The van der Waals surface area contributed by atoms with Gasteiger partial charge in [-0.15, -0.1) is 0 Å². The van der Waals surface area contributed by atoms with Gasteiger partial charge < -0.3 is 20.1 Å². The summed E-state index contributed by atoms with van der Waals surface area (Å²) in [6.07, 6.45) is -0.574. The summed E-state index contributed by atoms with van der Waals surface area (Å²) in [4.78, 5) is 37.4. The minimum absolute atomic E-state index is 0.0261. The first-order valence-corrected chi connectivity index (χ1v) is 10.4. The number of carboxylic acid groups (broad SMARTS) is 1. The molecule has 1 aliphatic heterocycles. The number of amides is 2. The number of alkyl carbamates (subject to hydrolysis) is 1. The molecular weight excluding hydrogens is 396 g/mol. The van der Waals surface area contributed by atoms with Gasteiger partial charge in [0, 0.05) is 25.6 Å². The molecule has 2 aromatic rings. The molecule has 2 aliphatic rings. The van der Waals surface area contributed by atoms with E-state index in [1.807, 2.05) is 24.3 Å². The summed E-state index contributed by atoms with van der Waals surface area (Å²) in [5.74, 6) is -1.60. The van der Waals surface area contributed by atoms with E-state index >= 15 is 0 Å². The molecule has 4 rings (SSSR count). The van der Waals surface area contributed by atoms with Gasteiger partial charge in [-0.25, -0.2) is 4.79 Å². The smallest absolute Gasteiger partial charge is 0.407 e. The van der Waals surface area contributed by atoms with Gasteiger partial charge in [0.2, 0.25) is 5.91 Å². The fourth-order valence-corrected chi connectivity index (χ4v) is 4.25. The van der Waals surface area contributed by atoms with Crippen LogP contribution in [0.5, 0.6) is 0 Å². The van der Waals surface area contributed by atoms with Crippen molar-refractivity contribution in [3.63, 3.8) is 0 Å². The van der Waals surface area contributed by atoms with Gasteiger partial charge in [-0.3, -0.25) is 9.59 Å². The van der Waals surface area contributed by atoms with E-state index in [1.54, 1.807) is 13.8 Å². The number of aliphatic carboxylic acids is 1. The molecule has 2 aromatic carbocycles. The Kier molecular flexibility index (Phi) is 5.43. The lowest BCUT2D eigenvalue weighted by molar-refractivity contribution is -0.156. The van der Waals surface area contributed by atoms with Crippen molar-refractivity contribution in [2.75, 3.05) is 26.2 Å². The molecule has 162 valence electrons. The second-order valence-corrected chi connectivity index (χ2v) is 8.81. The van der Waals surface area contributed by atoms with E-state index in [0.717, 1.165) is 22.3 Å². The van der Waals surface area contributed by atoms with Crippen LogP contribution in [0.1, 0.15) is 30.9 Å². The van der Waals surface area contributed by atoms with Crippen molar-refractivity contribution in [2.45, 2.75) is 19.8 Å². The lowest BCUT2D eigenvalue weighted by Gasteiger charge is -2.41. The molecule has 1 saturated heterocycles. The zero-order chi connectivity index (χ0) is 22.2. The van der Waals surface area contributed by atoms with E-state index in [-0.39, 0.29) is 38.1 Å². The number of carbonyl (C=O) groups is 3. The molecule has 31 heavy (non-hydrogen) atoms. The Morgan fingerprint density at radius 3 is 2.13 bits per heavy atom. The second-order valence-electron chi connectivity index (χ2n) is 8.81. The molecule has 0 spiro atoms. The zero-order valence-electron chi connectivity index (χ0n) is 17.6. The van der Waals surface area contributed by atoms with E-state index in [9.17, 15) is 14.4 Å². The normalized spacial score (nSPS) is 15.6. The van der Waals surface area contributed by atoms with Crippen molar-refractivity contribution in [2.24, 2.45) is 11.3 Å². The Morgan fingerprint density at radius 1 is 1.03 bits per heavy atom. The standard InChI is InChI=1S/C24H26N2O5/c1-24(2,22(29)26-11-15(12-26)21(27)28)14-25-23(30)31-13-20-18-9-5-3-7-16(18)17-8-4-6-10-19(17)20/h3-10,15,20H,11-14H2,1-2H3,(H,25,30)(H,27,28). The number of hydrogen-bond acceptors (Lipinski definition) is 4. The number of benzene rings is 2. The van der Waals surface area contributed by atoms with Gasteiger partial charge in [0.25, 0.3) is 0 Å². The maximum atomic E-state index is 12.6. The average Bonchev–Trinajstić information content (AvgIpc) is 3.03. The van der Waals surface area contributed by atoms with Crippen molar-refractivity contribution in [3.8, 4) is 11.1 Å². The molecule has 1 fully saturated rings. The van der Waals surface area contributed by atoms with Crippen LogP contribution in [-0.4, -0.2) is 54.2 Å². The van der Waals surface area contributed by atoms with Crippen molar-refractivity contribution >= 4 is 18.0 Å². The van der Waals surface area contributed by atoms with Gasteiger partial charge >= 0.3 is 12.1 Å². The van der Waals surface area contributed by atoms with Crippen LogP contribution in [-0.2, 0) is 14.3 Å². The third-order valence-electron chi connectivity index (χ3n) is 6.12. The van der Waals surface area contributed by atoms with E-state index < -0.39 is 23.4 Å². The highest BCUT2D eigenvalue weighted by atomic mass is 16.5. The fraction of sp³-hybridized carbons (Fsp3) is 0.375. The highest BCUT2D eigenvalue weighted by Crippen LogP contribution is 2.44. The predicted octanol–water partition coefficient (Wildman–Crippen LogP) is 3.09. The van der Waals surface area contributed by atoms with Crippen molar-refractivity contribution < 1.29 is 24.2 Å². The van der Waals surface area contributed by atoms with Gasteiger partial charge in [-0.2, -0.15) is 0 Å². The first-order valence-electron chi connectivity index (χ1n) is 10.4. The fourth-order valence-electron chi connectivity index (χ4n) is 4.25. The van der Waals surface area contributed by atoms with Crippen LogP contribution in [0.25, 0.3) is 11.1 Å². The van der Waals surface area contributed by atoms with Gasteiger partial charge in [0.05, 0.1) is 11.3 Å². The lowest BCUT2D eigenvalue weighted by atomic mass is 9.88. The maximum Gasteiger partial charge on any atom is 0.407 e. The minimum atomic E-state index is -0.890. The Morgan fingerprint density at radius 2 is 1.58 bits per heavy atom. The maximum absolute atomic E-state index is 12.6. The molecule has 2 N–H and O–H groups in total. The first kappa shape index (κ1) is 20.9. The monoisotopic (exact) mass is 422 g/mol. The number of likely N-dealkylation sites (tertiary alicyclic amines) is 1. The zero-order valence-corrected chi connectivity index (χ0v) is 17.6. The molecule has 0 unspecified atom stereocenters. The third kappa shape index (κ3) is 4.00. The number of nitrogens with zero attached hydrogens (tertiary/aromatic N) is 1. The number of carbonyl (C=O) groups excluding carboxylic acids is 2. The number of ether oxygens (including phenoxy) is 1. The summed E-state index contributed by atoms with van der Waals surface area (Å²) in [7, 11) is 0. The number of rotatable bonds is 6. The number of fused-ring (bicyclic) bond motifs is 3. The summed E-state index contributed by atoms with van der Waals surface area (Å²) < 4.78 is 5.51. The molecule has 7 nitrogen and oxygen atoms in total. The van der Waals surface area contributed by atoms with E-state index in [0.29, 0.717) is 0 Å². The minimum Gasteiger partial charge on any atom is -0.481 e. The SMILES string of the molecule is CC(C)(CNC(=O)OCC1c2ccccc2-c2ccccc21)C(=O)N1CC(C(=O)O)C1. The summed E-state index contributed by atoms with van der Waals surface area (Å²) in [6, 6.07) is 16.2. The van der Waals surface area contributed by atoms with Gasteiger partial charge in [0.15, 0.2) is 0 Å². The number of carboxylic acids is 1. The topological polar surface area (TPSA) is 95.9 Å². The Labute approximate surface area is 181 Å². The first-order chi connectivity index (χ1) is 14.8. The number of nitrogens with one attached hydrogen (secondary N) is 1. The molecule has 1 heterocycles. The quantitative estimate of drug-likeness (QED) is 0.746. The molecule has 1 aliphatic carbocycles. The molecule has 0 bridgehead atoms. The van der Waals surface area contributed by atoms with Crippen molar-refractivity contribution in [3.05, 3.63) is 59.7 Å². The van der Waals surface area contributed by atoms with Gasteiger partial charge in [-0.05, 0) is 36.1 Å². The molecule has 0 aromatic heterocycles. The van der Waals surface area contributed by atoms with Gasteiger partial charge in [0.1, 0.15) is 6.61 Å². The highest BCUT2D eigenvalue weighted by Gasteiger charge is 2.41. The van der Waals surface area contributed by atoms with E-state index in [2.05, 4.69) is 29.6 Å². The van der Waals surface area contributed by atoms with Crippen LogP contribution in [0.15, 0.2) is 48.5 Å². The number of hydrogen-bond donors (Lipinski definition) is 2. The molecule has 7 heteroatoms. The van der Waals surface area contributed by atoms with Gasteiger partial charge in [-0.1, -0.05) is 48.5 Å². The second kappa shape index (κ2) is 8.06. The molecular formula is C24H26N2O5. The summed E-state index contributed by atoms with van der Waals surface area (Å²) in [5, 5.41) is 11.7. The predicted molar refractivity (Wildman–Crippen MR) is 115 cm³/mol. The summed E-state index contributed by atoms with van der Waals surface area (Å²) in [5.41, 5.74) is 3.74. The molecule has 0 atom stereocenters. The van der Waals surface area contributed by atoms with Crippen molar-refractivity contribution in [1.82, 2.24) is 10.2 Å². The van der Waals surface area contributed by atoms with Crippen LogP contribution in [0.3, 0.4) is 0 Å². The molecule has 2 amide bonds. The van der Waals surface area contributed by atoms with Crippen molar-refractivity contribution in [1.29, 1.82) is 0 Å². The third-order valence-corrected chi connectivity index (χ3v) is 6.12. The summed E-state index contributed by atoms with van der Waals surface area (Å²) in [6.45, 7) is 4.20. The summed E-state index contributed by atoms with van der Waals surface area (Å²) >= 11 is 0. The Hall–Kier alpha value is -3.35. The Balaban J connectivity index is 1.32. The lowest BCUT2D eigenvalue weighted by Crippen LogP contribution is -2.58. The largest absolute Gasteiger partial charge is 0.481 e. The van der Waals surface area contributed by atoms with Crippen LogP contribution in [0.2, 0.25) is 0 Å². The van der Waals surface area contributed by atoms with E-state index in [4.69, 9.17) is 9.84 Å². The van der Waals surface area contributed by atoms with Crippen LogP contribution in [0, 0.1) is 11.3 Å². The highest BCUT2D eigenvalue weighted by molar-refractivity contribution is 5.85.